The maximum absolute atomic E-state index is 13.2. The van der Waals surface area contributed by atoms with Crippen LogP contribution in [0.1, 0.15) is 33.3 Å². The lowest BCUT2D eigenvalue weighted by Gasteiger charge is -2.22. The third-order valence-electron chi connectivity index (χ3n) is 3.25. The largest absolute Gasteiger partial charge is 0.369 e. The maximum Gasteiger partial charge on any atom is 0.361 e. The highest BCUT2D eigenvalue weighted by molar-refractivity contribution is 7.63. The van der Waals surface area contributed by atoms with Gasteiger partial charge in [0, 0.05) is 0 Å². The second kappa shape index (κ2) is 11.9. The summed E-state index contributed by atoms with van der Waals surface area (Å²) < 4.78 is 53.1. The standard InChI is InChI=1S/C17H28O8P2/c1-5-22-26(19,23-6-2)16-11-15(14-21-10-9-18)12-17(13-16)27(20,24-7-3)25-8-4/h9,11-13H,5-8,10,14H2,1-4H3. The highest BCUT2D eigenvalue weighted by atomic mass is 31.2. The van der Waals surface area contributed by atoms with Crippen LogP contribution in [-0.2, 0) is 43.4 Å². The van der Waals surface area contributed by atoms with Gasteiger partial charge in [0.05, 0.1) is 43.6 Å². The molecule has 0 atom stereocenters. The van der Waals surface area contributed by atoms with Gasteiger partial charge in [-0.25, -0.2) is 0 Å². The fourth-order valence-corrected chi connectivity index (χ4v) is 5.78. The molecule has 154 valence electrons. The molecule has 0 unspecified atom stereocenters. The highest BCUT2D eigenvalue weighted by Gasteiger charge is 2.33. The van der Waals surface area contributed by atoms with E-state index in [0.29, 0.717) is 11.8 Å². The topological polar surface area (TPSA) is 97.4 Å². The van der Waals surface area contributed by atoms with Gasteiger partial charge in [0.1, 0.15) is 12.9 Å². The van der Waals surface area contributed by atoms with E-state index in [1.165, 1.54) is 6.07 Å². The van der Waals surface area contributed by atoms with Crippen molar-refractivity contribution in [1.29, 1.82) is 0 Å². The number of benzene rings is 1. The normalized spacial score (nSPS) is 12.3. The average molecular weight is 422 g/mol. The first-order valence-electron chi connectivity index (χ1n) is 8.83. The number of carbonyl (C=O) groups excluding carboxylic acids is 1. The molecule has 0 N–H and O–H groups in total. The molecule has 0 aliphatic rings. The molecular formula is C17H28O8P2. The van der Waals surface area contributed by atoms with Crippen LogP contribution in [0.2, 0.25) is 0 Å². The van der Waals surface area contributed by atoms with Crippen molar-refractivity contribution in [2.45, 2.75) is 34.3 Å². The molecule has 0 saturated heterocycles. The zero-order chi connectivity index (χ0) is 20.3. The van der Waals surface area contributed by atoms with E-state index >= 15 is 0 Å². The van der Waals surface area contributed by atoms with Crippen molar-refractivity contribution in [2.75, 3.05) is 33.0 Å². The summed E-state index contributed by atoms with van der Waals surface area (Å²) in [4.78, 5) is 10.5. The van der Waals surface area contributed by atoms with E-state index < -0.39 is 15.2 Å². The zero-order valence-corrected chi connectivity index (χ0v) is 18.0. The van der Waals surface area contributed by atoms with Gasteiger partial charge in [-0.15, -0.1) is 0 Å². The molecule has 1 rings (SSSR count). The minimum absolute atomic E-state index is 0.0517. The Balaban J connectivity index is 3.49. The Kier molecular flexibility index (Phi) is 10.6. The van der Waals surface area contributed by atoms with Crippen molar-refractivity contribution in [3.05, 3.63) is 23.8 Å². The van der Waals surface area contributed by atoms with Crippen LogP contribution in [0.3, 0.4) is 0 Å². The van der Waals surface area contributed by atoms with Crippen LogP contribution in [0.4, 0.5) is 0 Å². The average Bonchev–Trinajstić information content (AvgIpc) is 2.62. The van der Waals surface area contributed by atoms with Crippen molar-refractivity contribution in [3.63, 3.8) is 0 Å². The van der Waals surface area contributed by atoms with Crippen molar-refractivity contribution in [3.8, 4) is 0 Å². The summed E-state index contributed by atoms with van der Waals surface area (Å²) in [5.41, 5.74) is 0.545. The predicted molar refractivity (Wildman–Crippen MR) is 103 cm³/mol. The van der Waals surface area contributed by atoms with Crippen molar-refractivity contribution >= 4 is 32.1 Å². The number of hydrogen-bond acceptors (Lipinski definition) is 8. The molecule has 0 bridgehead atoms. The van der Waals surface area contributed by atoms with Gasteiger partial charge >= 0.3 is 15.2 Å². The summed E-state index contributed by atoms with van der Waals surface area (Å²) in [6, 6.07) is 4.63. The van der Waals surface area contributed by atoms with Gasteiger partial charge in [0.15, 0.2) is 0 Å². The second-order valence-electron chi connectivity index (χ2n) is 5.21. The summed E-state index contributed by atoms with van der Waals surface area (Å²) in [5.74, 6) is 0. The molecule has 0 radical (unpaired) electrons. The Morgan fingerprint density at radius 2 is 1.19 bits per heavy atom. The third kappa shape index (κ3) is 6.91. The minimum atomic E-state index is -3.63. The van der Waals surface area contributed by atoms with E-state index in [0.717, 1.165) is 0 Å². The van der Waals surface area contributed by atoms with Crippen molar-refractivity contribution in [1.82, 2.24) is 0 Å². The first kappa shape index (κ1) is 24.2. The van der Waals surface area contributed by atoms with Crippen LogP contribution < -0.4 is 10.6 Å². The molecule has 0 saturated carbocycles. The first-order chi connectivity index (χ1) is 12.9. The van der Waals surface area contributed by atoms with E-state index in [-0.39, 0.29) is 50.3 Å². The number of hydrogen-bond donors (Lipinski definition) is 0. The highest BCUT2D eigenvalue weighted by Crippen LogP contribution is 2.50. The summed E-state index contributed by atoms with van der Waals surface area (Å²) in [6.07, 6.45) is 0.626. The summed E-state index contributed by atoms with van der Waals surface area (Å²) in [5, 5.41) is 0.459. The summed E-state index contributed by atoms with van der Waals surface area (Å²) in [6.45, 7) is 7.46. The molecule has 8 nitrogen and oxygen atoms in total. The van der Waals surface area contributed by atoms with Gasteiger partial charge in [0.2, 0.25) is 0 Å². The van der Waals surface area contributed by atoms with E-state index in [9.17, 15) is 13.9 Å². The van der Waals surface area contributed by atoms with Crippen molar-refractivity contribution < 1.29 is 36.8 Å². The zero-order valence-electron chi connectivity index (χ0n) is 16.2. The van der Waals surface area contributed by atoms with Crippen LogP contribution in [0.15, 0.2) is 18.2 Å². The van der Waals surface area contributed by atoms with Crippen LogP contribution in [-0.4, -0.2) is 39.3 Å². The Hall–Kier alpha value is -0.850. The van der Waals surface area contributed by atoms with Gasteiger partial charge in [-0.05, 0) is 51.5 Å². The number of ether oxygens (including phenoxy) is 1. The lowest BCUT2D eigenvalue weighted by atomic mass is 10.2. The van der Waals surface area contributed by atoms with Crippen LogP contribution in [0, 0.1) is 0 Å². The van der Waals surface area contributed by atoms with Crippen LogP contribution in [0.5, 0.6) is 0 Å². The molecule has 0 heterocycles. The van der Waals surface area contributed by atoms with Gasteiger partial charge in [-0.3, -0.25) is 9.13 Å². The number of carbonyl (C=O) groups is 1. The lowest BCUT2D eigenvalue weighted by Crippen LogP contribution is -2.20. The molecule has 0 amide bonds. The Morgan fingerprint density at radius 3 is 1.52 bits per heavy atom. The fourth-order valence-electron chi connectivity index (χ4n) is 2.33. The van der Waals surface area contributed by atoms with E-state index in [1.54, 1.807) is 39.8 Å². The van der Waals surface area contributed by atoms with Crippen LogP contribution >= 0.6 is 15.2 Å². The molecule has 0 spiro atoms. The minimum Gasteiger partial charge on any atom is -0.369 e. The van der Waals surface area contributed by atoms with Gasteiger partial charge in [0.25, 0.3) is 0 Å². The number of rotatable bonds is 14. The maximum atomic E-state index is 13.2. The molecule has 1 aromatic carbocycles. The molecule has 0 aliphatic carbocycles. The molecule has 0 fully saturated rings. The first-order valence-corrected chi connectivity index (χ1v) is 11.9. The predicted octanol–water partition coefficient (Wildman–Crippen LogP) is 3.18. The summed E-state index contributed by atoms with van der Waals surface area (Å²) in [7, 11) is -7.26. The monoisotopic (exact) mass is 422 g/mol. The summed E-state index contributed by atoms with van der Waals surface area (Å²) >= 11 is 0. The van der Waals surface area contributed by atoms with Gasteiger partial charge in [-0.1, -0.05) is 0 Å². The molecule has 1 aromatic rings. The van der Waals surface area contributed by atoms with E-state index in [1.807, 2.05) is 0 Å². The molecular weight excluding hydrogens is 394 g/mol. The quantitative estimate of drug-likeness (QED) is 0.256. The van der Waals surface area contributed by atoms with Gasteiger partial charge < -0.3 is 27.6 Å². The molecule has 10 heteroatoms. The smallest absolute Gasteiger partial charge is 0.361 e. The Labute approximate surface area is 160 Å². The molecule has 27 heavy (non-hydrogen) atoms. The number of aldehydes is 1. The SMILES string of the molecule is CCOP(=O)(OCC)c1cc(COCC=O)cc(P(=O)(OCC)OCC)c1. The van der Waals surface area contributed by atoms with Crippen molar-refractivity contribution in [2.24, 2.45) is 0 Å². The Morgan fingerprint density at radius 1 is 0.778 bits per heavy atom. The van der Waals surface area contributed by atoms with Gasteiger partial charge in [-0.2, -0.15) is 0 Å². The fraction of sp³-hybridized carbons (Fsp3) is 0.588. The van der Waals surface area contributed by atoms with E-state index in [2.05, 4.69) is 0 Å². The Bertz CT molecular complexity index is 623. The van der Waals surface area contributed by atoms with E-state index in [4.69, 9.17) is 22.8 Å². The third-order valence-corrected chi connectivity index (χ3v) is 7.42. The molecule has 0 aromatic heterocycles. The second-order valence-corrected chi connectivity index (χ2v) is 9.26. The lowest BCUT2D eigenvalue weighted by molar-refractivity contribution is -0.112. The van der Waals surface area contributed by atoms with Crippen LogP contribution in [0.25, 0.3) is 0 Å². The molecule has 0 aliphatic heterocycles.